The third-order valence-corrected chi connectivity index (χ3v) is 5.95. The van der Waals surface area contributed by atoms with Crippen molar-refractivity contribution >= 4 is 29.1 Å². The maximum absolute atomic E-state index is 13.1. The summed E-state index contributed by atoms with van der Waals surface area (Å²) in [5, 5.41) is 5.78. The molecule has 0 saturated carbocycles. The minimum atomic E-state index is -0.535. The Balaban J connectivity index is 1.76. The lowest BCUT2D eigenvalue weighted by Gasteiger charge is -2.35. The zero-order valence-corrected chi connectivity index (χ0v) is 20.5. The number of carbonyl (C=O) groups is 3. The average Bonchev–Trinajstić information content (AvgIpc) is 2.73. The van der Waals surface area contributed by atoms with Crippen molar-refractivity contribution in [1.29, 1.82) is 0 Å². The quantitative estimate of drug-likeness (QED) is 0.660. The molecule has 2 aromatic carbocycles. The molecule has 6 heteroatoms. The van der Waals surface area contributed by atoms with Gasteiger partial charge in [-0.25, -0.2) is 0 Å². The maximum atomic E-state index is 13.1. The highest BCUT2D eigenvalue weighted by Gasteiger charge is 2.26. The third kappa shape index (κ3) is 6.21. The molecule has 0 bridgehead atoms. The van der Waals surface area contributed by atoms with Gasteiger partial charge in [-0.1, -0.05) is 46.8 Å². The number of hydrogen-bond donors (Lipinski definition) is 2. The van der Waals surface area contributed by atoms with Crippen LogP contribution in [0.1, 0.15) is 67.3 Å². The molecule has 0 aromatic heterocycles. The van der Waals surface area contributed by atoms with Crippen molar-refractivity contribution < 1.29 is 14.4 Å². The van der Waals surface area contributed by atoms with E-state index in [1.165, 1.54) is 0 Å². The Hall–Kier alpha value is -3.15. The number of aryl methyl sites for hydroxylation is 1. The largest absolute Gasteiger partial charge is 0.338 e. The van der Waals surface area contributed by atoms with Gasteiger partial charge in [0.05, 0.1) is 0 Å². The van der Waals surface area contributed by atoms with E-state index >= 15 is 0 Å². The molecule has 1 heterocycles. The lowest BCUT2D eigenvalue weighted by atomic mass is 9.91. The molecule has 2 unspecified atom stereocenters. The molecule has 0 spiro atoms. The number of nitrogens with one attached hydrogen (secondary N) is 2. The van der Waals surface area contributed by atoms with Gasteiger partial charge in [0.1, 0.15) is 0 Å². The van der Waals surface area contributed by atoms with Gasteiger partial charge in [-0.05, 0) is 61.1 Å². The van der Waals surface area contributed by atoms with E-state index in [2.05, 4.69) is 24.5 Å². The van der Waals surface area contributed by atoms with Gasteiger partial charge in [-0.2, -0.15) is 0 Å². The lowest BCUT2D eigenvalue weighted by Crippen LogP contribution is -2.42. The van der Waals surface area contributed by atoms with E-state index in [-0.39, 0.29) is 17.7 Å². The first-order valence-electron chi connectivity index (χ1n) is 11.6. The number of piperidine rings is 1. The molecular weight excluding hydrogens is 414 g/mol. The standard InChI is InChI=1S/C27H35N3O3/c1-17-12-18(2)16-30(15-17)25(32)21-11-10-19(3)23(14-21)29-24(31)20-8-7-9-22(13-20)28-26(33)27(4,5)6/h7-11,13-14,17-18H,12,15-16H2,1-6H3,(H,28,33)(H,29,31). The predicted octanol–water partition coefficient (Wildman–Crippen LogP) is 5.35. The summed E-state index contributed by atoms with van der Waals surface area (Å²) in [6.45, 7) is 13.3. The minimum Gasteiger partial charge on any atom is -0.338 e. The van der Waals surface area contributed by atoms with E-state index in [1.54, 1.807) is 30.3 Å². The fourth-order valence-electron chi connectivity index (χ4n) is 4.15. The number of hydrogen-bond acceptors (Lipinski definition) is 3. The van der Waals surface area contributed by atoms with E-state index in [0.29, 0.717) is 34.3 Å². The van der Waals surface area contributed by atoms with Gasteiger partial charge < -0.3 is 15.5 Å². The smallest absolute Gasteiger partial charge is 0.255 e. The van der Waals surface area contributed by atoms with Crippen LogP contribution in [0.25, 0.3) is 0 Å². The van der Waals surface area contributed by atoms with Crippen molar-refractivity contribution in [3.05, 3.63) is 59.2 Å². The van der Waals surface area contributed by atoms with Gasteiger partial charge in [-0.3, -0.25) is 14.4 Å². The fraction of sp³-hybridized carbons (Fsp3) is 0.444. The van der Waals surface area contributed by atoms with Crippen LogP contribution in [0, 0.1) is 24.2 Å². The van der Waals surface area contributed by atoms with E-state index in [9.17, 15) is 14.4 Å². The molecule has 1 aliphatic heterocycles. The summed E-state index contributed by atoms with van der Waals surface area (Å²) in [4.78, 5) is 40.3. The number of likely N-dealkylation sites (tertiary alicyclic amines) is 1. The summed E-state index contributed by atoms with van der Waals surface area (Å²) in [5.74, 6) is 0.538. The maximum Gasteiger partial charge on any atom is 0.255 e. The van der Waals surface area contributed by atoms with E-state index in [1.807, 2.05) is 44.7 Å². The van der Waals surface area contributed by atoms with Crippen LogP contribution in [0.15, 0.2) is 42.5 Å². The monoisotopic (exact) mass is 449 g/mol. The highest BCUT2D eigenvalue weighted by Crippen LogP contribution is 2.25. The third-order valence-electron chi connectivity index (χ3n) is 5.95. The second-order valence-electron chi connectivity index (χ2n) is 10.4. The van der Waals surface area contributed by atoms with Crippen molar-refractivity contribution in [1.82, 2.24) is 4.90 Å². The topological polar surface area (TPSA) is 78.5 Å². The summed E-state index contributed by atoms with van der Waals surface area (Å²) < 4.78 is 0. The number of benzene rings is 2. The molecule has 0 aliphatic carbocycles. The second kappa shape index (κ2) is 9.77. The summed E-state index contributed by atoms with van der Waals surface area (Å²) in [6.07, 6.45) is 1.13. The van der Waals surface area contributed by atoms with Crippen LogP contribution in [0.2, 0.25) is 0 Å². The Labute approximate surface area is 196 Å². The van der Waals surface area contributed by atoms with Gasteiger partial charge in [0.15, 0.2) is 0 Å². The van der Waals surface area contributed by atoms with Crippen LogP contribution in [-0.2, 0) is 4.79 Å². The van der Waals surface area contributed by atoms with Crippen LogP contribution in [-0.4, -0.2) is 35.7 Å². The molecule has 1 saturated heterocycles. The normalized spacial score (nSPS) is 18.5. The Bertz CT molecular complexity index is 1040. The van der Waals surface area contributed by atoms with Crippen molar-refractivity contribution in [3.8, 4) is 0 Å². The van der Waals surface area contributed by atoms with Crippen molar-refractivity contribution in [2.45, 2.75) is 48.0 Å². The van der Waals surface area contributed by atoms with Crippen molar-refractivity contribution in [2.75, 3.05) is 23.7 Å². The van der Waals surface area contributed by atoms with Crippen LogP contribution in [0.3, 0.4) is 0 Å². The number of carbonyl (C=O) groups excluding carboxylic acids is 3. The fourth-order valence-corrected chi connectivity index (χ4v) is 4.15. The SMILES string of the molecule is Cc1ccc(C(=O)N2CC(C)CC(C)C2)cc1NC(=O)c1cccc(NC(=O)C(C)(C)C)c1. The molecular formula is C27H35N3O3. The molecule has 6 nitrogen and oxygen atoms in total. The number of anilines is 2. The zero-order valence-electron chi connectivity index (χ0n) is 20.5. The van der Waals surface area contributed by atoms with Crippen LogP contribution >= 0.6 is 0 Å². The zero-order chi connectivity index (χ0) is 24.3. The number of amides is 3. The summed E-state index contributed by atoms with van der Waals surface area (Å²) in [6, 6.07) is 12.3. The number of nitrogens with zero attached hydrogens (tertiary/aromatic N) is 1. The Morgan fingerprint density at radius 3 is 2.21 bits per heavy atom. The molecule has 0 radical (unpaired) electrons. The summed E-state index contributed by atoms with van der Waals surface area (Å²) in [7, 11) is 0. The van der Waals surface area contributed by atoms with E-state index < -0.39 is 5.41 Å². The predicted molar refractivity (Wildman–Crippen MR) is 133 cm³/mol. The number of rotatable bonds is 4. The summed E-state index contributed by atoms with van der Waals surface area (Å²) in [5.41, 5.74) is 2.51. The van der Waals surface area contributed by atoms with Gasteiger partial charge in [0.25, 0.3) is 11.8 Å². The molecule has 1 fully saturated rings. The highest BCUT2D eigenvalue weighted by atomic mass is 16.2. The van der Waals surface area contributed by atoms with E-state index in [0.717, 1.165) is 25.1 Å². The van der Waals surface area contributed by atoms with Crippen LogP contribution in [0.5, 0.6) is 0 Å². The molecule has 3 rings (SSSR count). The van der Waals surface area contributed by atoms with Gasteiger partial charge >= 0.3 is 0 Å². The Kier molecular flexibility index (Phi) is 7.25. The van der Waals surface area contributed by atoms with Crippen LogP contribution in [0.4, 0.5) is 11.4 Å². The van der Waals surface area contributed by atoms with Crippen molar-refractivity contribution in [2.24, 2.45) is 17.3 Å². The molecule has 2 atom stereocenters. The van der Waals surface area contributed by atoms with Crippen molar-refractivity contribution in [3.63, 3.8) is 0 Å². The first-order chi connectivity index (χ1) is 15.4. The van der Waals surface area contributed by atoms with E-state index in [4.69, 9.17) is 0 Å². The second-order valence-corrected chi connectivity index (χ2v) is 10.4. The highest BCUT2D eigenvalue weighted by molar-refractivity contribution is 6.06. The lowest BCUT2D eigenvalue weighted by molar-refractivity contribution is -0.123. The Morgan fingerprint density at radius 1 is 0.909 bits per heavy atom. The first kappa shape index (κ1) is 24.5. The first-order valence-corrected chi connectivity index (χ1v) is 11.6. The molecule has 2 N–H and O–H groups in total. The van der Waals surface area contributed by atoms with Crippen LogP contribution < -0.4 is 10.6 Å². The molecule has 176 valence electrons. The molecule has 3 amide bonds. The van der Waals surface area contributed by atoms with Gasteiger partial charge in [0, 0.05) is 41.0 Å². The Morgan fingerprint density at radius 2 is 1.58 bits per heavy atom. The molecule has 33 heavy (non-hydrogen) atoms. The summed E-state index contributed by atoms with van der Waals surface area (Å²) >= 11 is 0. The van der Waals surface area contributed by atoms with Gasteiger partial charge in [-0.15, -0.1) is 0 Å². The van der Waals surface area contributed by atoms with Gasteiger partial charge in [0.2, 0.25) is 5.91 Å². The minimum absolute atomic E-state index is 0.00390. The average molecular weight is 450 g/mol. The molecule has 1 aliphatic rings. The molecule has 2 aromatic rings.